The van der Waals surface area contributed by atoms with Gasteiger partial charge in [0.15, 0.2) is 0 Å². The minimum absolute atomic E-state index is 0.349. The van der Waals surface area contributed by atoms with Crippen LogP contribution in [0.3, 0.4) is 0 Å². The number of nitrogens with one attached hydrogen (secondary N) is 1. The Morgan fingerprint density at radius 3 is 2.61 bits per heavy atom. The summed E-state index contributed by atoms with van der Waals surface area (Å²) in [6.07, 6.45) is 5.04. The number of ether oxygens (including phenoxy) is 1. The second kappa shape index (κ2) is 7.90. The van der Waals surface area contributed by atoms with E-state index in [1.54, 1.807) is 6.33 Å². The highest BCUT2D eigenvalue weighted by Crippen LogP contribution is 2.29. The van der Waals surface area contributed by atoms with E-state index in [9.17, 15) is 0 Å². The standard InChI is InChI=1S/C14H25N3O/c1-5-7-8-9-18-14-12(11(3)4)13(15-6-2)16-10-17-14/h10-11H,5-9H2,1-4H3,(H,15,16,17). The Morgan fingerprint density at radius 1 is 1.22 bits per heavy atom. The van der Waals surface area contributed by atoms with E-state index in [1.807, 2.05) is 0 Å². The average molecular weight is 251 g/mol. The molecule has 0 unspecified atom stereocenters. The van der Waals surface area contributed by atoms with Crippen LogP contribution in [0.2, 0.25) is 0 Å². The Balaban J connectivity index is 2.78. The molecule has 4 nitrogen and oxygen atoms in total. The van der Waals surface area contributed by atoms with Gasteiger partial charge >= 0.3 is 0 Å². The molecule has 0 aliphatic rings. The third-order valence-electron chi connectivity index (χ3n) is 2.76. The van der Waals surface area contributed by atoms with Crippen LogP contribution in [0.1, 0.15) is 58.4 Å². The molecule has 1 rings (SSSR count). The van der Waals surface area contributed by atoms with E-state index < -0.39 is 0 Å². The van der Waals surface area contributed by atoms with E-state index in [4.69, 9.17) is 4.74 Å². The van der Waals surface area contributed by atoms with Gasteiger partial charge in [0.1, 0.15) is 12.1 Å². The smallest absolute Gasteiger partial charge is 0.222 e. The van der Waals surface area contributed by atoms with E-state index in [0.717, 1.165) is 36.8 Å². The predicted octanol–water partition coefficient (Wildman–Crippen LogP) is 3.60. The number of nitrogens with zero attached hydrogens (tertiary/aromatic N) is 2. The van der Waals surface area contributed by atoms with Crippen molar-refractivity contribution in [3.8, 4) is 5.88 Å². The Morgan fingerprint density at radius 2 is 2.00 bits per heavy atom. The van der Waals surface area contributed by atoms with Crippen molar-refractivity contribution in [2.75, 3.05) is 18.5 Å². The first kappa shape index (κ1) is 14.7. The van der Waals surface area contributed by atoms with Crippen LogP contribution < -0.4 is 10.1 Å². The van der Waals surface area contributed by atoms with Gasteiger partial charge in [-0.15, -0.1) is 0 Å². The highest BCUT2D eigenvalue weighted by atomic mass is 16.5. The third-order valence-corrected chi connectivity index (χ3v) is 2.76. The summed E-state index contributed by atoms with van der Waals surface area (Å²) in [5.41, 5.74) is 1.08. The van der Waals surface area contributed by atoms with E-state index in [-0.39, 0.29) is 0 Å². The highest BCUT2D eigenvalue weighted by molar-refractivity contribution is 5.50. The second-order valence-corrected chi connectivity index (χ2v) is 4.68. The van der Waals surface area contributed by atoms with Gasteiger partial charge in [-0.2, -0.15) is 0 Å². The molecule has 0 amide bonds. The Hall–Kier alpha value is -1.32. The molecule has 0 saturated heterocycles. The summed E-state index contributed by atoms with van der Waals surface area (Å²) in [5.74, 6) is 1.97. The molecular formula is C14H25N3O. The normalized spacial score (nSPS) is 10.7. The number of aromatic nitrogens is 2. The summed E-state index contributed by atoms with van der Waals surface area (Å²) in [5, 5.41) is 3.27. The van der Waals surface area contributed by atoms with Crippen LogP contribution in [0.5, 0.6) is 5.88 Å². The Labute approximate surface area is 110 Å². The van der Waals surface area contributed by atoms with Gasteiger partial charge in [-0.3, -0.25) is 0 Å². The first-order chi connectivity index (χ1) is 8.70. The zero-order valence-corrected chi connectivity index (χ0v) is 12.0. The molecule has 0 aromatic carbocycles. The van der Waals surface area contributed by atoms with Crippen molar-refractivity contribution in [1.29, 1.82) is 0 Å². The summed E-state index contributed by atoms with van der Waals surface area (Å²) < 4.78 is 5.80. The minimum Gasteiger partial charge on any atom is -0.477 e. The number of unbranched alkanes of at least 4 members (excludes halogenated alkanes) is 2. The van der Waals surface area contributed by atoms with E-state index >= 15 is 0 Å². The highest BCUT2D eigenvalue weighted by Gasteiger charge is 2.15. The number of hydrogen-bond donors (Lipinski definition) is 1. The van der Waals surface area contributed by atoms with Gasteiger partial charge in [-0.05, 0) is 19.3 Å². The van der Waals surface area contributed by atoms with Crippen LogP contribution >= 0.6 is 0 Å². The van der Waals surface area contributed by atoms with Crippen LogP contribution in [0.25, 0.3) is 0 Å². The minimum atomic E-state index is 0.349. The molecule has 0 saturated carbocycles. The van der Waals surface area contributed by atoms with Crippen molar-refractivity contribution in [3.63, 3.8) is 0 Å². The maximum atomic E-state index is 5.80. The predicted molar refractivity (Wildman–Crippen MR) is 75.3 cm³/mol. The van der Waals surface area contributed by atoms with Crippen LogP contribution in [-0.4, -0.2) is 23.1 Å². The van der Waals surface area contributed by atoms with Crippen LogP contribution in [0.15, 0.2) is 6.33 Å². The van der Waals surface area contributed by atoms with Gasteiger partial charge in [-0.25, -0.2) is 9.97 Å². The Bertz CT molecular complexity index is 353. The van der Waals surface area contributed by atoms with Crippen molar-refractivity contribution in [1.82, 2.24) is 9.97 Å². The van der Waals surface area contributed by atoms with Gasteiger partial charge < -0.3 is 10.1 Å². The summed E-state index contributed by atoms with van der Waals surface area (Å²) in [6, 6.07) is 0. The molecule has 0 atom stereocenters. The van der Waals surface area contributed by atoms with Gasteiger partial charge in [0.05, 0.1) is 12.2 Å². The molecule has 0 bridgehead atoms. The van der Waals surface area contributed by atoms with Gasteiger partial charge in [0.25, 0.3) is 0 Å². The fourth-order valence-electron chi connectivity index (χ4n) is 1.84. The van der Waals surface area contributed by atoms with Crippen LogP contribution in [-0.2, 0) is 0 Å². The summed E-state index contributed by atoms with van der Waals surface area (Å²) in [7, 11) is 0. The zero-order chi connectivity index (χ0) is 13.4. The van der Waals surface area contributed by atoms with Gasteiger partial charge in [-0.1, -0.05) is 33.6 Å². The summed E-state index contributed by atoms with van der Waals surface area (Å²) in [4.78, 5) is 8.56. The SMILES string of the molecule is CCCCCOc1ncnc(NCC)c1C(C)C. The lowest BCUT2D eigenvalue weighted by atomic mass is 10.1. The molecular weight excluding hydrogens is 226 g/mol. The summed E-state index contributed by atoms with van der Waals surface area (Å²) in [6.45, 7) is 10.1. The van der Waals surface area contributed by atoms with Crippen molar-refractivity contribution >= 4 is 5.82 Å². The number of hydrogen-bond acceptors (Lipinski definition) is 4. The second-order valence-electron chi connectivity index (χ2n) is 4.68. The zero-order valence-electron chi connectivity index (χ0n) is 12.0. The lowest BCUT2D eigenvalue weighted by Crippen LogP contribution is -2.09. The number of rotatable bonds is 8. The molecule has 0 aliphatic heterocycles. The molecule has 0 radical (unpaired) electrons. The fourth-order valence-corrected chi connectivity index (χ4v) is 1.84. The molecule has 4 heteroatoms. The first-order valence-electron chi connectivity index (χ1n) is 6.92. The molecule has 1 N–H and O–H groups in total. The van der Waals surface area contributed by atoms with Crippen molar-refractivity contribution < 1.29 is 4.74 Å². The maximum Gasteiger partial charge on any atom is 0.222 e. The van der Waals surface area contributed by atoms with Crippen LogP contribution in [0.4, 0.5) is 5.82 Å². The lowest BCUT2D eigenvalue weighted by Gasteiger charge is -2.16. The molecule has 1 heterocycles. The van der Waals surface area contributed by atoms with Crippen LogP contribution in [0, 0.1) is 0 Å². The molecule has 1 aromatic rings. The molecule has 18 heavy (non-hydrogen) atoms. The number of anilines is 1. The van der Waals surface area contributed by atoms with Gasteiger partial charge in [0.2, 0.25) is 5.88 Å². The quantitative estimate of drug-likeness (QED) is 0.717. The largest absolute Gasteiger partial charge is 0.477 e. The maximum absolute atomic E-state index is 5.80. The third kappa shape index (κ3) is 4.17. The molecule has 0 fully saturated rings. The van der Waals surface area contributed by atoms with Crippen molar-refractivity contribution in [2.24, 2.45) is 0 Å². The molecule has 1 aromatic heterocycles. The first-order valence-corrected chi connectivity index (χ1v) is 6.92. The van der Waals surface area contributed by atoms with E-state index in [1.165, 1.54) is 12.8 Å². The average Bonchev–Trinajstić information content (AvgIpc) is 2.35. The molecule has 0 spiro atoms. The van der Waals surface area contributed by atoms with Crippen molar-refractivity contribution in [3.05, 3.63) is 11.9 Å². The van der Waals surface area contributed by atoms with Gasteiger partial charge in [0, 0.05) is 6.54 Å². The Kier molecular flexibility index (Phi) is 6.47. The monoisotopic (exact) mass is 251 g/mol. The molecule has 0 aliphatic carbocycles. The van der Waals surface area contributed by atoms with E-state index in [0.29, 0.717) is 5.92 Å². The fraction of sp³-hybridized carbons (Fsp3) is 0.714. The lowest BCUT2D eigenvalue weighted by molar-refractivity contribution is 0.290. The van der Waals surface area contributed by atoms with Crippen molar-refractivity contribution in [2.45, 2.75) is 52.9 Å². The topological polar surface area (TPSA) is 47.0 Å². The summed E-state index contributed by atoms with van der Waals surface area (Å²) >= 11 is 0. The molecule has 102 valence electrons. The van der Waals surface area contributed by atoms with E-state index in [2.05, 4.69) is 43.0 Å².